The molecule has 6 nitrogen and oxygen atoms in total. The van der Waals surface area contributed by atoms with Gasteiger partial charge in [0.15, 0.2) is 17.1 Å². The van der Waals surface area contributed by atoms with Crippen molar-refractivity contribution in [3.8, 4) is 11.5 Å². The summed E-state index contributed by atoms with van der Waals surface area (Å²) in [5.74, 6) is -0.397. The van der Waals surface area contributed by atoms with Crippen LogP contribution in [0.5, 0.6) is 11.5 Å². The minimum atomic E-state index is -0.210. The summed E-state index contributed by atoms with van der Waals surface area (Å²) in [4.78, 5) is 16.2. The molecule has 7 heteroatoms. The van der Waals surface area contributed by atoms with Gasteiger partial charge in [-0.3, -0.25) is 4.79 Å². The van der Waals surface area contributed by atoms with Crippen LogP contribution in [0.25, 0.3) is 11.1 Å². The number of amides is 1. The van der Waals surface area contributed by atoms with Crippen LogP contribution in [-0.4, -0.2) is 26.9 Å². The first-order valence-corrected chi connectivity index (χ1v) is 8.27. The highest BCUT2D eigenvalue weighted by atomic mass is 32.2. The van der Waals surface area contributed by atoms with Crippen molar-refractivity contribution >= 4 is 28.8 Å². The Kier molecular flexibility index (Phi) is 4.61. The van der Waals surface area contributed by atoms with Gasteiger partial charge >= 0.3 is 0 Å². The average Bonchev–Trinajstić information content (AvgIpc) is 2.96. The zero-order chi connectivity index (χ0) is 17.1. The van der Waals surface area contributed by atoms with Gasteiger partial charge in [-0.25, -0.2) is 4.98 Å². The Balaban J connectivity index is 1.53. The standard InChI is InChI=1S/C17H16N2O4S/c1-10-2-5-15-12(6-10)19-17(23-15)24-9-16(22)18-8-11-3-4-13(20)14(21)7-11/h2-7,20-21H,8-9H2,1H3,(H,18,22). The number of aromatic hydroxyl groups is 2. The predicted octanol–water partition coefficient (Wildman–Crippen LogP) is 2.96. The molecule has 1 heterocycles. The van der Waals surface area contributed by atoms with Crippen molar-refractivity contribution in [2.75, 3.05) is 5.75 Å². The molecule has 1 aromatic heterocycles. The van der Waals surface area contributed by atoms with Crippen molar-refractivity contribution < 1.29 is 19.4 Å². The molecule has 124 valence electrons. The van der Waals surface area contributed by atoms with Gasteiger partial charge in [-0.1, -0.05) is 23.9 Å². The third kappa shape index (κ3) is 3.80. The Labute approximate surface area is 142 Å². The molecule has 0 aliphatic carbocycles. The number of phenols is 2. The van der Waals surface area contributed by atoms with Crippen molar-refractivity contribution in [2.45, 2.75) is 18.7 Å². The van der Waals surface area contributed by atoms with Crippen LogP contribution < -0.4 is 5.32 Å². The Bertz CT molecular complexity index is 891. The van der Waals surface area contributed by atoms with Crippen LogP contribution in [0.3, 0.4) is 0 Å². The largest absolute Gasteiger partial charge is 0.504 e. The molecule has 1 amide bonds. The van der Waals surface area contributed by atoms with Crippen molar-refractivity contribution in [3.05, 3.63) is 47.5 Å². The number of carbonyl (C=O) groups is 1. The fourth-order valence-corrected chi connectivity index (χ4v) is 2.80. The molecular weight excluding hydrogens is 328 g/mol. The number of aryl methyl sites for hydroxylation is 1. The SMILES string of the molecule is Cc1ccc2oc(SCC(=O)NCc3ccc(O)c(O)c3)nc2c1. The summed E-state index contributed by atoms with van der Waals surface area (Å²) in [5, 5.41) is 21.9. The van der Waals surface area contributed by atoms with Gasteiger partial charge in [-0.2, -0.15) is 0 Å². The van der Waals surface area contributed by atoms with Crippen LogP contribution in [-0.2, 0) is 11.3 Å². The number of carbonyl (C=O) groups excluding carboxylic acids is 1. The average molecular weight is 344 g/mol. The molecule has 0 aliphatic rings. The molecule has 24 heavy (non-hydrogen) atoms. The van der Waals surface area contributed by atoms with Gasteiger partial charge in [0.05, 0.1) is 5.75 Å². The highest BCUT2D eigenvalue weighted by molar-refractivity contribution is 7.99. The van der Waals surface area contributed by atoms with Gasteiger partial charge in [-0.15, -0.1) is 0 Å². The predicted molar refractivity (Wildman–Crippen MR) is 91.1 cm³/mol. The third-order valence-electron chi connectivity index (χ3n) is 3.38. The summed E-state index contributed by atoms with van der Waals surface area (Å²) >= 11 is 1.22. The summed E-state index contributed by atoms with van der Waals surface area (Å²) in [7, 11) is 0. The Hall–Kier alpha value is -2.67. The highest BCUT2D eigenvalue weighted by Crippen LogP contribution is 2.25. The molecule has 0 saturated carbocycles. The first-order valence-electron chi connectivity index (χ1n) is 7.29. The molecule has 2 aromatic carbocycles. The Morgan fingerprint density at radius 2 is 2.04 bits per heavy atom. The van der Waals surface area contributed by atoms with E-state index >= 15 is 0 Å². The minimum Gasteiger partial charge on any atom is -0.504 e. The lowest BCUT2D eigenvalue weighted by molar-refractivity contribution is -0.118. The molecule has 0 bridgehead atoms. The van der Waals surface area contributed by atoms with E-state index in [1.165, 1.54) is 23.9 Å². The van der Waals surface area contributed by atoms with Crippen LogP contribution in [0.2, 0.25) is 0 Å². The van der Waals surface area contributed by atoms with Crippen LogP contribution in [0.4, 0.5) is 0 Å². The molecule has 0 saturated heterocycles. The lowest BCUT2D eigenvalue weighted by atomic mass is 10.2. The van der Waals surface area contributed by atoms with Gasteiger partial charge in [0.2, 0.25) is 5.91 Å². The van der Waals surface area contributed by atoms with E-state index < -0.39 is 0 Å². The number of nitrogens with one attached hydrogen (secondary N) is 1. The maximum absolute atomic E-state index is 11.9. The van der Waals surface area contributed by atoms with Crippen molar-refractivity contribution in [1.29, 1.82) is 0 Å². The summed E-state index contributed by atoms with van der Waals surface area (Å²) in [5.41, 5.74) is 3.27. The smallest absolute Gasteiger partial charge is 0.257 e. The number of nitrogens with zero attached hydrogens (tertiary/aromatic N) is 1. The summed E-state index contributed by atoms with van der Waals surface area (Å²) in [6, 6.07) is 10.2. The van der Waals surface area contributed by atoms with E-state index in [1.54, 1.807) is 6.07 Å². The molecule has 3 rings (SSSR count). The topological polar surface area (TPSA) is 95.6 Å². The van der Waals surface area contributed by atoms with Gasteiger partial charge in [0.25, 0.3) is 5.22 Å². The Morgan fingerprint density at radius 1 is 1.21 bits per heavy atom. The van der Waals surface area contributed by atoms with Crippen LogP contribution >= 0.6 is 11.8 Å². The van der Waals surface area contributed by atoms with E-state index in [4.69, 9.17) is 4.42 Å². The third-order valence-corrected chi connectivity index (χ3v) is 4.21. The van der Waals surface area contributed by atoms with E-state index in [1.807, 2.05) is 25.1 Å². The van der Waals surface area contributed by atoms with Gasteiger partial charge in [-0.05, 0) is 42.3 Å². The summed E-state index contributed by atoms with van der Waals surface area (Å²) in [6.07, 6.45) is 0. The number of thioether (sulfide) groups is 1. The van der Waals surface area contributed by atoms with Crippen LogP contribution in [0.1, 0.15) is 11.1 Å². The van der Waals surface area contributed by atoms with Crippen LogP contribution in [0, 0.1) is 6.92 Å². The van der Waals surface area contributed by atoms with Crippen LogP contribution in [0.15, 0.2) is 46.0 Å². The number of fused-ring (bicyclic) bond motifs is 1. The lowest BCUT2D eigenvalue weighted by Crippen LogP contribution is -2.24. The second-order valence-electron chi connectivity index (χ2n) is 5.34. The molecule has 0 spiro atoms. The van der Waals surface area contributed by atoms with Gasteiger partial charge in [0, 0.05) is 6.54 Å². The zero-order valence-electron chi connectivity index (χ0n) is 12.9. The number of aromatic nitrogens is 1. The number of hydrogen-bond donors (Lipinski definition) is 3. The number of hydrogen-bond acceptors (Lipinski definition) is 6. The van der Waals surface area contributed by atoms with Gasteiger partial charge in [0.1, 0.15) is 5.52 Å². The molecule has 0 atom stereocenters. The maximum Gasteiger partial charge on any atom is 0.257 e. The van der Waals surface area contributed by atoms with Gasteiger partial charge < -0.3 is 19.9 Å². The summed E-state index contributed by atoms with van der Waals surface area (Å²) in [6.45, 7) is 2.25. The summed E-state index contributed by atoms with van der Waals surface area (Å²) < 4.78 is 5.58. The maximum atomic E-state index is 11.9. The van der Waals surface area contributed by atoms with Crippen molar-refractivity contribution in [1.82, 2.24) is 10.3 Å². The Morgan fingerprint density at radius 3 is 2.83 bits per heavy atom. The monoisotopic (exact) mass is 344 g/mol. The molecule has 0 unspecified atom stereocenters. The first kappa shape index (κ1) is 16.2. The van der Waals surface area contributed by atoms with Crippen molar-refractivity contribution in [2.24, 2.45) is 0 Å². The van der Waals surface area contributed by atoms with E-state index in [2.05, 4.69) is 10.3 Å². The quantitative estimate of drug-likeness (QED) is 0.486. The fraction of sp³-hybridized carbons (Fsp3) is 0.176. The molecular formula is C17H16N2O4S. The number of phenolic OH excluding ortho intramolecular Hbond substituents is 2. The molecule has 0 radical (unpaired) electrons. The second kappa shape index (κ2) is 6.84. The first-order chi connectivity index (χ1) is 11.5. The molecule has 3 aromatic rings. The van der Waals surface area contributed by atoms with E-state index in [0.717, 1.165) is 11.1 Å². The number of rotatable bonds is 5. The zero-order valence-corrected chi connectivity index (χ0v) is 13.8. The minimum absolute atomic E-state index is 0.175. The van der Waals surface area contributed by atoms with E-state index in [0.29, 0.717) is 16.4 Å². The highest BCUT2D eigenvalue weighted by Gasteiger charge is 2.10. The molecule has 3 N–H and O–H groups in total. The fourth-order valence-electron chi connectivity index (χ4n) is 2.14. The molecule has 0 aliphatic heterocycles. The van der Waals surface area contributed by atoms with Crippen molar-refractivity contribution in [3.63, 3.8) is 0 Å². The number of benzene rings is 2. The second-order valence-corrected chi connectivity index (χ2v) is 6.27. The van der Waals surface area contributed by atoms with E-state index in [9.17, 15) is 15.0 Å². The lowest BCUT2D eigenvalue weighted by Gasteiger charge is -2.05. The molecule has 0 fully saturated rings. The number of oxazole rings is 1. The van der Waals surface area contributed by atoms with E-state index in [-0.39, 0.29) is 29.7 Å². The normalized spacial score (nSPS) is 10.9.